The second kappa shape index (κ2) is 7.28. The average molecular weight is 277 g/mol. The average Bonchev–Trinajstić information content (AvgIpc) is 2.47. The normalized spacial score (nSPS) is 21.9. The molecular weight excluding hydrogens is 257 g/mol. The van der Waals surface area contributed by atoms with Crippen LogP contribution < -0.4 is 10.5 Å². The summed E-state index contributed by atoms with van der Waals surface area (Å²) in [6.07, 6.45) is 4.33. The van der Waals surface area contributed by atoms with Crippen molar-refractivity contribution in [1.29, 1.82) is 0 Å². The van der Waals surface area contributed by atoms with Crippen molar-refractivity contribution in [3.05, 3.63) is 29.6 Å². The van der Waals surface area contributed by atoms with E-state index >= 15 is 0 Å². The summed E-state index contributed by atoms with van der Waals surface area (Å²) in [5.41, 5.74) is 5.91. The highest BCUT2D eigenvalue weighted by molar-refractivity contribution is 5.46. The largest absolute Gasteiger partial charge is 0.489 e. The van der Waals surface area contributed by atoms with Crippen molar-refractivity contribution in [2.24, 2.45) is 5.73 Å². The van der Waals surface area contributed by atoms with E-state index in [0.717, 1.165) is 25.7 Å². The minimum atomic E-state index is -0.322. The Kier molecular flexibility index (Phi) is 5.40. The molecule has 3 nitrogen and oxygen atoms in total. The van der Waals surface area contributed by atoms with Crippen LogP contribution in [0.4, 0.5) is 4.39 Å². The summed E-state index contributed by atoms with van der Waals surface area (Å²) in [4.78, 5) is 0. The van der Waals surface area contributed by atoms with Crippen LogP contribution in [0.2, 0.25) is 0 Å². The van der Waals surface area contributed by atoms with Crippen molar-refractivity contribution in [2.75, 3.05) is 13.7 Å². The van der Waals surface area contributed by atoms with E-state index in [4.69, 9.17) is 15.2 Å². The van der Waals surface area contributed by atoms with Crippen LogP contribution in [0.5, 0.6) is 5.75 Å². The van der Waals surface area contributed by atoms with E-state index in [9.17, 15) is 4.39 Å². The third-order valence-electron chi connectivity index (χ3n) is 3.47. The van der Waals surface area contributed by atoms with Gasteiger partial charge in [-0.2, -0.15) is 0 Å². The topological polar surface area (TPSA) is 44.5 Å². The van der Waals surface area contributed by atoms with Crippen molar-refractivity contribution < 1.29 is 13.9 Å². The first-order valence-electron chi connectivity index (χ1n) is 6.91. The van der Waals surface area contributed by atoms with Gasteiger partial charge in [-0.3, -0.25) is 0 Å². The van der Waals surface area contributed by atoms with Crippen LogP contribution in [0.1, 0.15) is 31.2 Å². The molecule has 1 aliphatic rings. The number of hydrogen-bond acceptors (Lipinski definition) is 3. The Hall–Kier alpha value is -1.57. The second-order valence-corrected chi connectivity index (χ2v) is 4.91. The molecule has 0 aliphatic heterocycles. The highest BCUT2D eigenvalue weighted by Gasteiger charge is 2.23. The smallest absolute Gasteiger partial charge is 0.135 e. The lowest BCUT2D eigenvalue weighted by molar-refractivity contribution is 0.0208. The zero-order valence-electron chi connectivity index (χ0n) is 11.7. The van der Waals surface area contributed by atoms with E-state index < -0.39 is 0 Å². The highest BCUT2D eigenvalue weighted by Crippen LogP contribution is 2.27. The van der Waals surface area contributed by atoms with E-state index in [1.165, 1.54) is 12.1 Å². The predicted octanol–water partition coefficient (Wildman–Crippen LogP) is 2.47. The lowest BCUT2D eigenvalue weighted by Gasteiger charge is -2.29. The third kappa shape index (κ3) is 3.96. The molecule has 1 aliphatic carbocycles. The molecule has 108 valence electrons. The van der Waals surface area contributed by atoms with Gasteiger partial charge < -0.3 is 15.2 Å². The number of hydrogen-bond donors (Lipinski definition) is 1. The molecule has 0 heterocycles. The Morgan fingerprint density at radius 2 is 2.15 bits per heavy atom. The molecule has 1 aromatic carbocycles. The molecular formula is C16H20FNO2. The van der Waals surface area contributed by atoms with E-state index in [0.29, 0.717) is 11.3 Å². The van der Waals surface area contributed by atoms with Gasteiger partial charge in [-0.1, -0.05) is 11.8 Å². The predicted molar refractivity (Wildman–Crippen MR) is 76.0 cm³/mol. The maximum Gasteiger partial charge on any atom is 0.135 e. The maximum absolute atomic E-state index is 13.3. The molecule has 1 fully saturated rings. The molecule has 0 radical (unpaired) electrons. The summed E-state index contributed by atoms with van der Waals surface area (Å²) >= 11 is 0. The Balaban J connectivity index is 2.12. The number of benzene rings is 1. The summed E-state index contributed by atoms with van der Waals surface area (Å²) in [6, 6.07) is 4.40. The van der Waals surface area contributed by atoms with E-state index in [1.54, 1.807) is 13.2 Å². The van der Waals surface area contributed by atoms with Gasteiger partial charge in [-0.05, 0) is 37.5 Å². The minimum absolute atomic E-state index is 0.0950. The highest BCUT2D eigenvalue weighted by atomic mass is 19.1. The molecule has 2 N–H and O–H groups in total. The van der Waals surface area contributed by atoms with Crippen LogP contribution in [0.15, 0.2) is 18.2 Å². The van der Waals surface area contributed by atoms with Gasteiger partial charge in [-0.25, -0.2) is 4.39 Å². The van der Waals surface area contributed by atoms with E-state index in [2.05, 4.69) is 11.8 Å². The maximum atomic E-state index is 13.3. The van der Waals surface area contributed by atoms with Gasteiger partial charge in [0.05, 0.1) is 18.2 Å². The Bertz CT molecular complexity index is 507. The van der Waals surface area contributed by atoms with Gasteiger partial charge in [0.2, 0.25) is 0 Å². The first-order valence-corrected chi connectivity index (χ1v) is 6.91. The number of methoxy groups -OCH3 is 1. The van der Waals surface area contributed by atoms with Gasteiger partial charge in [0.25, 0.3) is 0 Å². The van der Waals surface area contributed by atoms with E-state index in [1.807, 2.05) is 0 Å². The molecule has 4 heteroatoms. The van der Waals surface area contributed by atoms with Crippen LogP contribution in [-0.4, -0.2) is 25.9 Å². The van der Waals surface area contributed by atoms with Gasteiger partial charge in [0.1, 0.15) is 17.7 Å². The van der Waals surface area contributed by atoms with Crippen LogP contribution >= 0.6 is 0 Å². The van der Waals surface area contributed by atoms with Crippen molar-refractivity contribution in [3.63, 3.8) is 0 Å². The fourth-order valence-corrected chi connectivity index (χ4v) is 2.45. The summed E-state index contributed by atoms with van der Waals surface area (Å²) < 4.78 is 24.7. The fraction of sp³-hybridized carbons (Fsp3) is 0.500. The minimum Gasteiger partial charge on any atom is -0.489 e. The summed E-state index contributed by atoms with van der Waals surface area (Å²) in [5, 5.41) is 0. The molecule has 1 saturated carbocycles. The van der Waals surface area contributed by atoms with Crippen LogP contribution in [-0.2, 0) is 4.74 Å². The number of rotatable bonds is 3. The first kappa shape index (κ1) is 14.8. The van der Waals surface area contributed by atoms with Gasteiger partial charge >= 0.3 is 0 Å². The van der Waals surface area contributed by atoms with Crippen LogP contribution in [0.25, 0.3) is 0 Å². The molecule has 2 rings (SSSR count). The molecule has 2 atom stereocenters. The molecule has 1 aromatic rings. The Morgan fingerprint density at radius 1 is 1.35 bits per heavy atom. The van der Waals surface area contributed by atoms with E-state index in [-0.39, 0.29) is 24.6 Å². The fourth-order valence-electron chi connectivity index (χ4n) is 2.45. The Labute approximate surface area is 119 Å². The van der Waals surface area contributed by atoms with Crippen LogP contribution in [0, 0.1) is 17.7 Å². The molecule has 2 unspecified atom stereocenters. The van der Waals surface area contributed by atoms with Gasteiger partial charge in [0, 0.05) is 13.5 Å². The van der Waals surface area contributed by atoms with Gasteiger partial charge in [0.15, 0.2) is 0 Å². The first-order chi connectivity index (χ1) is 9.72. The molecule has 20 heavy (non-hydrogen) atoms. The monoisotopic (exact) mass is 277 g/mol. The van der Waals surface area contributed by atoms with Crippen molar-refractivity contribution >= 4 is 0 Å². The zero-order valence-corrected chi connectivity index (χ0v) is 11.7. The standard InChI is InChI=1S/C16H20FNO2/c1-19-14-5-2-6-15(11-14)20-16-8-7-13(17)10-12(16)4-3-9-18/h7-8,10,14-15H,2,5-6,9,11,18H2,1H3. The van der Waals surface area contributed by atoms with Crippen molar-refractivity contribution in [3.8, 4) is 17.6 Å². The van der Waals surface area contributed by atoms with Crippen molar-refractivity contribution in [2.45, 2.75) is 37.9 Å². The molecule has 0 amide bonds. The molecule has 0 aromatic heterocycles. The van der Waals surface area contributed by atoms with Crippen LogP contribution in [0.3, 0.4) is 0 Å². The quantitative estimate of drug-likeness (QED) is 0.863. The number of nitrogens with two attached hydrogens (primary N) is 1. The SMILES string of the molecule is COC1CCCC(Oc2ccc(F)cc2C#CCN)C1. The lowest BCUT2D eigenvalue weighted by atomic mass is 9.95. The number of ether oxygens (including phenoxy) is 2. The summed E-state index contributed by atoms with van der Waals surface area (Å²) in [7, 11) is 1.73. The Morgan fingerprint density at radius 3 is 2.90 bits per heavy atom. The summed E-state index contributed by atoms with van der Waals surface area (Å²) in [6.45, 7) is 0.241. The van der Waals surface area contributed by atoms with Gasteiger partial charge in [-0.15, -0.1) is 0 Å². The zero-order chi connectivity index (χ0) is 14.4. The lowest BCUT2D eigenvalue weighted by Crippen LogP contribution is -2.29. The molecule has 0 saturated heterocycles. The molecule has 0 bridgehead atoms. The second-order valence-electron chi connectivity index (χ2n) is 4.91. The third-order valence-corrected chi connectivity index (χ3v) is 3.47. The van der Waals surface area contributed by atoms with Crippen molar-refractivity contribution in [1.82, 2.24) is 0 Å². The molecule has 0 spiro atoms. The summed E-state index contributed by atoms with van der Waals surface area (Å²) in [5.74, 6) is 5.89. The number of halogens is 1.